The lowest BCUT2D eigenvalue weighted by Crippen LogP contribution is -2.33. The zero-order chi connectivity index (χ0) is 28.4. The Labute approximate surface area is 251 Å². The number of hydrogen-bond donors (Lipinski definition) is 0. The van der Waals surface area contributed by atoms with E-state index in [1.54, 1.807) is 0 Å². The van der Waals surface area contributed by atoms with Crippen molar-refractivity contribution in [1.29, 1.82) is 0 Å². The van der Waals surface area contributed by atoms with Gasteiger partial charge in [0.15, 0.2) is 0 Å². The molecule has 6 nitrogen and oxygen atoms in total. The first-order valence-electron chi connectivity index (χ1n) is 15.5. The summed E-state index contributed by atoms with van der Waals surface area (Å²) >= 11 is 0. The molecule has 9 rings (SSSR count). The quantitative estimate of drug-likeness (QED) is 0.185. The minimum absolute atomic E-state index is 0.174. The topological polar surface area (TPSA) is 65.3 Å². The van der Waals surface area contributed by atoms with Crippen LogP contribution < -0.4 is 9.47 Å². The Morgan fingerprint density at radius 3 is 1.70 bits per heavy atom. The highest BCUT2D eigenvalue weighted by atomic mass is 16.7. The molecule has 6 heteroatoms. The van der Waals surface area contributed by atoms with E-state index in [9.17, 15) is 0 Å². The van der Waals surface area contributed by atoms with E-state index in [1.807, 2.05) is 0 Å². The summed E-state index contributed by atoms with van der Waals surface area (Å²) in [6.45, 7) is 3.69. The van der Waals surface area contributed by atoms with Crippen molar-refractivity contribution in [2.75, 3.05) is 33.0 Å². The van der Waals surface area contributed by atoms with Crippen molar-refractivity contribution in [3.05, 3.63) is 118 Å². The molecule has 0 spiro atoms. The van der Waals surface area contributed by atoms with Gasteiger partial charge in [0.2, 0.25) is 6.29 Å². The molecule has 4 fully saturated rings. The Morgan fingerprint density at radius 2 is 1.16 bits per heavy atom. The van der Waals surface area contributed by atoms with Gasteiger partial charge < -0.3 is 28.4 Å². The predicted molar refractivity (Wildman–Crippen MR) is 161 cm³/mol. The summed E-state index contributed by atoms with van der Waals surface area (Å²) in [4.78, 5) is 0. The molecule has 4 saturated heterocycles. The third-order valence-electron chi connectivity index (χ3n) is 9.38. The monoisotopic (exact) mass is 574 g/mol. The number of fused-ring (bicyclic) bond motifs is 3. The lowest BCUT2D eigenvalue weighted by atomic mass is 9.67. The Bertz CT molecular complexity index is 1640. The van der Waals surface area contributed by atoms with E-state index < -0.39 is 5.41 Å². The van der Waals surface area contributed by atoms with Gasteiger partial charge in [-0.3, -0.25) is 0 Å². The second-order valence-electron chi connectivity index (χ2n) is 12.3. The number of epoxide rings is 3. The van der Waals surface area contributed by atoms with Crippen LogP contribution in [-0.2, 0) is 37.2 Å². The van der Waals surface area contributed by atoms with Crippen molar-refractivity contribution < 1.29 is 28.4 Å². The molecule has 0 amide bonds. The maximum Gasteiger partial charge on any atom is 0.202 e. The fourth-order valence-corrected chi connectivity index (χ4v) is 6.88. The zero-order valence-corrected chi connectivity index (χ0v) is 24.0. The van der Waals surface area contributed by atoms with Gasteiger partial charge >= 0.3 is 0 Å². The van der Waals surface area contributed by atoms with E-state index >= 15 is 0 Å². The van der Waals surface area contributed by atoms with E-state index in [2.05, 4.69) is 84.9 Å². The summed E-state index contributed by atoms with van der Waals surface area (Å²) in [6.07, 6.45) is 3.06. The fourth-order valence-electron chi connectivity index (χ4n) is 6.88. The lowest BCUT2D eigenvalue weighted by molar-refractivity contribution is -0.165. The summed E-state index contributed by atoms with van der Waals surface area (Å²) in [5.41, 5.74) is 9.37. The molecule has 0 aromatic heterocycles. The summed E-state index contributed by atoms with van der Waals surface area (Å²) in [5, 5.41) is 0. The van der Waals surface area contributed by atoms with E-state index in [0.29, 0.717) is 6.61 Å². The minimum Gasteiger partial charge on any atom is -0.491 e. The summed E-state index contributed by atoms with van der Waals surface area (Å²) < 4.78 is 35.1. The highest BCUT2D eigenvalue weighted by Gasteiger charge is 2.47. The molecule has 43 heavy (non-hydrogen) atoms. The van der Waals surface area contributed by atoms with E-state index in [1.165, 1.54) is 38.9 Å². The van der Waals surface area contributed by atoms with Crippen molar-refractivity contribution in [3.63, 3.8) is 0 Å². The maximum absolute atomic E-state index is 6.32. The number of ether oxygens (including phenoxy) is 6. The van der Waals surface area contributed by atoms with Crippen LogP contribution in [0.3, 0.4) is 0 Å². The molecule has 4 atom stereocenters. The SMILES string of the molecule is c1ccc2c(c1)-c1ccccc1C2(c1ccc(OCC2CO2)c(CC2CO2)c1)c1ccc(OC2CCO2)c(CC2CO2)c1. The summed E-state index contributed by atoms with van der Waals surface area (Å²) in [5.74, 6) is 1.80. The van der Waals surface area contributed by atoms with Gasteiger partial charge in [0.1, 0.15) is 24.2 Å². The molecule has 4 unspecified atom stereocenters. The first-order valence-corrected chi connectivity index (χ1v) is 15.5. The van der Waals surface area contributed by atoms with Crippen LogP contribution in [0.1, 0.15) is 39.8 Å². The largest absolute Gasteiger partial charge is 0.491 e. The molecule has 0 bridgehead atoms. The van der Waals surface area contributed by atoms with Gasteiger partial charge in [-0.15, -0.1) is 0 Å². The fraction of sp³-hybridized carbons (Fsp3) is 0.351. The number of benzene rings is 4. The molecule has 5 aliphatic rings. The van der Waals surface area contributed by atoms with Crippen LogP contribution in [0.2, 0.25) is 0 Å². The van der Waals surface area contributed by atoms with Gasteiger partial charge in [-0.1, -0.05) is 72.8 Å². The maximum atomic E-state index is 6.32. The van der Waals surface area contributed by atoms with Crippen LogP contribution in [0.5, 0.6) is 11.5 Å². The number of rotatable bonds is 11. The van der Waals surface area contributed by atoms with Crippen LogP contribution >= 0.6 is 0 Å². The Balaban J connectivity index is 1.24. The Hall–Kier alpha value is -3.68. The third kappa shape index (κ3) is 4.64. The molecule has 4 aromatic rings. The molecule has 4 aromatic carbocycles. The normalized spacial score (nSPS) is 25.3. The summed E-state index contributed by atoms with van der Waals surface area (Å²) in [7, 11) is 0. The molecular weight excluding hydrogens is 540 g/mol. The Morgan fingerprint density at radius 1 is 0.628 bits per heavy atom. The van der Waals surface area contributed by atoms with Crippen LogP contribution in [0, 0.1) is 0 Å². The van der Waals surface area contributed by atoms with Gasteiger partial charge in [0, 0.05) is 19.3 Å². The van der Waals surface area contributed by atoms with Crippen molar-refractivity contribution in [1.82, 2.24) is 0 Å². The van der Waals surface area contributed by atoms with Crippen LogP contribution in [-0.4, -0.2) is 57.6 Å². The molecule has 4 aliphatic heterocycles. The van der Waals surface area contributed by atoms with Gasteiger partial charge in [-0.25, -0.2) is 0 Å². The average molecular weight is 575 g/mol. The average Bonchev–Trinajstić information content (AvgIpc) is 3.87. The second-order valence-corrected chi connectivity index (χ2v) is 12.3. The zero-order valence-electron chi connectivity index (χ0n) is 24.0. The Kier molecular flexibility index (Phi) is 6.12. The van der Waals surface area contributed by atoms with Crippen LogP contribution in [0.15, 0.2) is 84.9 Å². The van der Waals surface area contributed by atoms with Crippen molar-refractivity contribution in [2.24, 2.45) is 0 Å². The van der Waals surface area contributed by atoms with Gasteiger partial charge in [-0.2, -0.15) is 0 Å². The standard InChI is InChI=1S/C37H34O6/c1-3-7-32-30(5-1)31-6-2-4-8-33(31)37(32,25-9-11-34(42-22-29-21-41-29)23(15-25)17-27-19-39-27)26-10-12-35(43-36-13-14-38-36)24(16-26)18-28-20-40-28/h1-12,15-16,27-29,36H,13-14,17-22H2. The van der Waals surface area contributed by atoms with E-state index in [-0.39, 0.29) is 24.6 Å². The second kappa shape index (κ2) is 10.2. The molecule has 0 radical (unpaired) electrons. The lowest BCUT2D eigenvalue weighted by Gasteiger charge is -2.35. The van der Waals surface area contributed by atoms with Gasteiger partial charge in [-0.05, 0) is 56.6 Å². The molecular formula is C37H34O6. The smallest absolute Gasteiger partial charge is 0.202 e. The molecule has 0 saturated carbocycles. The third-order valence-corrected chi connectivity index (χ3v) is 9.38. The first kappa shape index (κ1) is 25.8. The number of hydrogen-bond acceptors (Lipinski definition) is 6. The highest BCUT2D eigenvalue weighted by Crippen LogP contribution is 2.57. The van der Waals surface area contributed by atoms with Gasteiger partial charge in [0.25, 0.3) is 0 Å². The van der Waals surface area contributed by atoms with E-state index in [4.69, 9.17) is 28.4 Å². The van der Waals surface area contributed by atoms with Crippen molar-refractivity contribution in [3.8, 4) is 22.6 Å². The molecule has 4 heterocycles. The predicted octanol–water partition coefficient (Wildman–Crippen LogP) is 5.84. The van der Waals surface area contributed by atoms with Gasteiger partial charge in [0.05, 0.1) is 44.1 Å². The highest BCUT2D eigenvalue weighted by molar-refractivity contribution is 5.86. The molecule has 0 N–H and O–H groups in total. The first-order chi connectivity index (χ1) is 21.3. The summed E-state index contributed by atoms with van der Waals surface area (Å²) in [6, 6.07) is 31.2. The molecule has 1 aliphatic carbocycles. The van der Waals surface area contributed by atoms with Crippen molar-refractivity contribution >= 4 is 0 Å². The minimum atomic E-state index is -0.519. The van der Waals surface area contributed by atoms with Crippen LogP contribution in [0.4, 0.5) is 0 Å². The van der Waals surface area contributed by atoms with Crippen molar-refractivity contribution in [2.45, 2.75) is 49.3 Å². The van der Waals surface area contributed by atoms with Crippen LogP contribution in [0.25, 0.3) is 11.1 Å². The molecule has 218 valence electrons. The van der Waals surface area contributed by atoms with E-state index in [0.717, 1.165) is 62.8 Å².